The second kappa shape index (κ2) is 13.8. The number of rotatable bonds is 5. The molecule has 0 radical (unpaired) electrons. The van der Waals surface area contributed by atoms with Crippen molar-refractivity contribution in [1.82, 2.24) is 15.2 Å². The molecule has 200 valence electrons. The Morgan fingerprint density at radius 3 is 2.11 bits per heavy atom. The molecule has 0 saturated carbocycles. The van der Waals surface area contributed by atoms with Gasteiger partial charge in [0.15, 0.2) is 0 Å². The van der Waals surface area contributed by atoms with Gasteiger partial charge in [-0.1, -0.05) is 6.07 Å². The zero-order valence-corrected chi connectivity index (χ0v) is 19.6. The van der Waals surface area contributed by atoms with Crippen molar-refractivity contribution in [2.24, 2.45) is 0 Å². The Hall–Kier alpha value is -3.20. The quantitative estimate of drug-likeness (QED) is 0.485. The Labute approximate surface area is 205 Å². The summed E-state index contributed by atoms with van der Waals surface area (Å²) in [4.78, 5) is 38.3. The Balaban J connectivity index is 0.000000383. The van der Waals surface area contributed by atoms with E-state index in [1.807, 2.05) is 31.4 Å². The molecule has 1 unspecified atom stereocenters. The molecular formula is C21H23F6N3O5S. The highest BCUT2D eigenvalue weighted by atomic mass is 32.1. The maximum Gasteiger partial charge on any atom is 0.490 e. The van der Waals surface area contributed by atoms with Crippen molar-refractivity contribution in [3.05, 3.63) is 52.0 Å². The van der Waals surface area contributed by atoms with Gasteiger partial charge in [-0.15, -0.1) is 11.3 Å². The Morgan fingerprint density at radius 2 is 1.67 bits per heavy atom. The summed E-state index contributed by atoms with van der Waals surface area (Å²) in [5.41, 5.74) is 1.16. The predicted octanol–water partition coefficient (Wildman–Crippen LogP) is 4.15. The summed E-state index contributed by atoms with van der Waals surface area (Å²) in [6.45, 7) is 1.79. The molecule has 2 aromatic rings. The highest BCUT2D eigenvalue weighted by Crippen LogP contribution is 2.29. The molecule has 1 atom stereocenters. The van der Waals surface area contributed by atoms with E-state index in [0.29, 0.717) is 12.6 Å². The Morgan fingerprint density at radius 1 is 1.08 bits per heavy atom. The fourth-order valence-corrected chi connectivity index (χ4v) is 3.83. The molecule has 2 aromatic heterocycles. The molecule has 0 aromatic carbocycles. The minimum absolute atomic E-state index is 0.109. The van der Waals surface area contributed by atoms with Crippen LogP contribution in [0.15, 0.2) is 36.7 Å². The van der Waals surface area contributed by atoms with E-state index in [1.165, 1.54) is 17.7 Å². The van der Waals surface area contributed by atoms with Crippen LogP contribution in [0.3, 0.4) is 0 Å². The van der Waals surface area contributed by atoms with E-state index in [2.05, 4.69) is 16.4 Å². The summed E-state index contributed by atoms with van der Waals surface area (Å²) in [6.07, 6.45) is -3.32. The summed E-state index contributed by atoms with van der Waals surface area (Å²) < 4.78 is 63.5. The van der Waals surface area contributed by atoms with Crippen molar-refractivity contribution >= 4 is 29.2 Å². The number of aromatic nitrogens is 1. The number of amides is 1. The predicted molar refractivity (Wildman–Crippen MR) is 117 cm³/mol. The van der Waals surface area contributed by atoms with Gasteiger partial charge >= 0.3 is 24.3 Å². The molecule has 3 heterocycles. The molecule has 0 spiro atoms. The van der Waals surface area contributed by atoms with Crippen LogP contribution >= 0.6 is 11.3 Å². The number of nitrogens with zero attached hydrogens (tertiary/aromatic N) is 2. The number of hydrogen-bond donors (Lipinski definition) is 3. The lowest BCUT2D eigenvalue weighted by molar-refractivity contribution is -0.193. The minimum Gasteiger partial charge on any atom is -0.475 e. The summed E-state index contributed by atoms with van der Waals surface area (Å²) >= 11 is 1.62. The van der Waals surface area contributed by atoms with Crippen LogP contribution < -0.4 is 5.32 Å². The van der Waals surface area contributed by atoms with E-state index in [0.717, 1.165) is 23.4 Å². The SMILES string of the molecule is CN(CCc1cccnc1)C(=O)c1ccc(C2CCCN2)s1.O=C(O)C(F)(F)F.O=C(O)C(F)(F)F. The molecule has 1 fully saturated rings. The van der Waals surface area contributed by atoms with Gasteiger partial charge in [0.25, 0.3) is 5.91 Å². The first-order valence-corrected chi connectivity index (χ1v) is 11.0. The number of thiophene rings is 1. The van der Waals surface area contributed by atoms with E-state index >= 15 is 0 Å². The molecule has 3 N–H and O–H groups in total. The van der Waals surface area contributed by atoms with Crippen LogP contribution in [0.1, 0.15) is 39.0 Å². The Kier molecular flexibility index (Phi) is 11.8. The maximum absolute atomic E-state index is 12.5. The standard InChI is InChI=1S/C17H21N3OS.2C2HF3O2/c1-20(11-8-13-4-2-9-18-12-13)17(21)16-7-6-15(22-16)14-5-3-10-19-14;2*3-2(4,5)1(6)7/h2,4,6-7,9,12,14,19H,3,5,8,10-11H2,1H3;2*(H,6,7). The van der Waals surface area contributed by atoms with Crippen molar-refractivity contribution in [3.8, 4) is 0 Å². The number of halogens is 6. The third kappa shape index (κ3) is 11.0. The van der Waals surface area contributed by atoms with Crippen molar-refractivity contribution < 1.29 is 50.9 Å². The normalized spacial score (nSPS) is 15.1. The van der Waals surface area contributed by atoms with Gasteiger partial charge in [0, 0.05) is 36.9 Å². The van der Waals surface area contributed by atoms with Crippen molar-refractivity contribution in [1.29, 1.82) is 0 Å². The zero-order valence-electron chi connectivity index (χ0n) is 18.8. The molecule has 0 bridgehead atoms. The summed E-state index contributed by atoms with van der Waals surface area (Å²) in [5.74, 6) is -5.40. The number of aliphatic carboxylic acids is 2. The molecule has 8 nitrogen and oxygen atoms in total. The number of carboxylic acid groups (broad SMARTS) is 2. The average molecular weight is 543 g/mol. The van der Waals surface area contributed by atoms with Crippen molar-refractivity contribution in [2.45, 2.75) is 37.7 Å². The van der Waals surface area contributed by atoms with E-state index in [-0.39, 0.29) is 5.91 Å². The van der Waals surface area contributed by atoms with Gasteiger partial charge in [0.2, 0.25) is 0 Å². The van der Waals surface area contributed by atoms with Gasteiger partial charge in [-0.25, -0.2) is 9.59 Å². The van der Waals surface area contributed by atoms with E-state index in [9.17, 15) is 31.1 Å². The van der Waals surface area contributed by atoms with Crippen LogP contribution in [0.25, 0.3) is 0 Å². The highest BCUT2D eigenvalue weighted by molar-refractivity contribution is 7.14. The van der Waals surface area contributed by atoms with Gasteiger partial charge in [0.1, 0.15) is 0 Å². The van der Waals surface area contributed by atoms with Crippen LogP contribution in [0.5, 0.6) is 0 Å². The molecule has 15 heteroatoms. The number of likely N-dealkylation sites (N-methyl/N-ethyl adjacent to an activating group) is 1. The average Bonchev–Trinajstić information content (AvgIpc) is 3.49. The van der Waals surface area contributed by atoms with Crippen LogP contribution in [0.4, 0.5) is 26.3 Å². The van der Waals surface area contributed by atoms with Crippen LogP contribution in [-0.4, -0.2) is 70.4 Å². The van der Waals surface area contributed by atoms with Crippen LogP contribution in [0, 0.1) is 0 Å². The second-order valence-corrected chi connectivity index (χ2v) is 8.41. The lowest BCUT2D eigenvalue weighted by Gasteiger charge is -2.16. The van der Waals surface area contributed by atoms with Crippen LogP contribution in [0.2, 0.25) is 0 Å². The molecule has 1 aliphatic rings. The zero-order chi connectivity index (χ0) is 27.5. The summed E-state index contributed by atoms with van der Waals surface area (Å²) in [7, 11) is 1.87. The van der Waals surface area contributed by atoms with Gasteiger partial charge in [-0.2, -0.15) is 26.3 Å². The number of carbonyl (C=O) groups is 3. The number of carboxylic acids is 2. The molecular weight excluding hydrogens is 520 g/mol. The van der Waals surface area contributed by atoms with Crippen LogP contribution in [-0.2, 0) is 16.0 Å². The monoisotopic (exact) mass is 543 g/mol. The Bertz CT molecular complexity index is 968. The van der Waals surface area contributed by atoms with Gasteiger partial charge in [-0.3, -0.25) is 9.78 Å². The smallest absolute Gasteiger partial charge is 0.475 e. The number of alkyl halides is 6. The molecule has 1 saturated heterocycles. The summed E-state index contributed by atoms with van der Waals surface area (Å²) in [6, 6.07) is 8.46. The molecule has 1 aliphatic heterocycles. The summed E-state index contributed by atoms with van der Waals surface area (Å²) in [5, 5.41) is 17.7. The van der Waals surface area contributed by atoms with Crippen molar-refractivity contribution in [2.75, 3.05) is 20.1 Å². The molecule has 3 rings (SSSR count). The van der Waals surface area contributed by atoms with E-state index in [4.69, 9.17) is 19.8 Å². The number of pyridine rings is 1. The van der Waals surface area contributed by atoms with Crippen molar-refractivity contribution in [3.63, 3.8) is 0 Å². The third-order valence-corrected chi connectivity index (χ3v) is 5.72. The minimum atomic E-state index is -5.08. The number of carbonyl (C=O) groups excluding carboxylic acids is 1. The third-order valence-electron chi connectivity index (χ3n) is 4.53. The van der Waals surface area contributed by atoms with Gasteiger partial charge < -0.3 is 20.4 Å². The maximum atomic E-state index is 12.5. The lowest BCUT2D eigenvalue weighted by Crippen LogP contribution is -2.28. The fraction of sp³-hybridized carbons (Fsp3) is 0.429. The highest BCUT2D eigenvalue weighted by Gasteiger charge is 2.38. The first kappa shape index (κ1) is 30.8. The largest absolute Gasteiger partial charge is 0.490 e. The number of nitrogens with one attached hydrogen (secondary N) is 1. The molecule has 1 amide bonds. The fourth-order valence-electron chi connectivity index (χ4n) is 2.71. The molecule has 0 aliphatic carbocycles. The first-order valence-electron chi connectivity index (χ1n) is 10.2. The topological polar surface area (TPSA) is 120 Å². The van der Waals surface area contributed by atoms with Gasteiger partial charge in [-0.05, 0) is 49.6 Å². The second-order valence-electron chi connectivity index (χ2n) is 7.29. The van der Waals surface area contributed by atoms with Gasteiger partial charge in [0.05, 0.1) is 4.88 Å². The molecule has 36 heavy (non-hydrogen) atoms. The van der Waals surface area contributed by atoms with E-state index in [1.54, 1.807) is 22.4 Å². The number of hydrogen-bond acceptors (Lipinski definition) is 6. The first-order chi connectivity index (χ1) is 16.6. The van der Waals surface area contributed by atoms with E-state index < -0.39 is 24.3 Å². The lowest BCUT2D eigenvalue weighted by atomic mass is 10.2.